The van der Waals surface area contributed by atoms with Crippen molar-refractivity contribution >= 4 is 5.97 Å². The number of hydrogen-bond acceptors (Lipinski definition) is 3. The summed E-state index contributed by atoms with van der Waals surface area (Å²) < 4.78 is 10.5. The van der Waals surface area contributed by atoms with E-state index in [0.717, 1.165) is 13.2 Å². The van der Waals surface area contributed by atoms with Crippen LogP contribution in [0.25, 0.3) is 0 Å². The molecule has 2 aliphatic rings. The Morgan fingerprint density at radius 1 is 1.31 bits per heavy atom. The second kappa shape index (κ2) is 2.71. The van der Waals surface area contributed by atoms with Gasteiger partial charge in [-0.15, -0.1) is 0 Å². The zero-order chi connectivity index (χ0) is 9.64. The van der Waals surface area contributed by atoms with Crippen molar-refractivity contribution in [1.29, 1.82) is 0 Å². The lowest BCUT2D eigenvalue weighted by molar-refractivity contribution is -0.158. The van der Waals surface area contributed by atoms with Crippen LogP contribution in [0.5, 0.6) is 0 Å². The average Bonchev–Trinajstić information content (AvgIpc) is 2.44. The standard InChI is InChI=1S/C10H16O3/c1-10(2,3)13-9(11)8-6-4-12-5-7(6)8/h6-8H,4-5H2,1-3H3/t6-,7+,8?. The lowest BCUT2D eigenvalue weighted by Crippen LogP contribution is -2.26. The van der Waals surface area contributed by atoms with Crippen LogP contribution in [-0.4, -0.2) is 24.8 Å². The molecule has 0 aromatic carbocycles. The van der Waals surface area contributed by atoms with Crippen molar-refractivity contribution in [2.75, 3.05) is 13.2 Å². The van der Waals surface area contributed by atoms with Gasteiger partial charge in [0.25, 0.3) is 0 Å². The number of fused-ring (bicyclic) bond motifs is 1. The first-order chi connectivity index (χ1) is 5.99. The van der Waals surface area contributed by atoms with E-state index in [2.05, 4.69) is 0 Å². The predicted octanol–water partition coefficient (Wildman–Crippen LogP) is 1.22. The van der Waals surface area contributed by atoms with Gasteiger partial charge in [-0.25, -0.2) is 0 Å². The van der Waals surface area contributed by atoms with E-state index in [9.17, 15) is 4.79 Å². The summed E-state index contributed by atoms with van der Waals surface area (Å²) in [5, 5.41) is 0. The first-order valence-electron chi connectivity index (χ1n) is 4.79. The predicted molar refractivity (Wildman–Crippen MR) is 47.1 cm³/mol. The van der Waals surface area contributed by atoms with Gasteiger partial charge in [-0.1, -0.05) is 0 Å². The van der Waals surface area contributed by atoms with Crippen LogP contribution in [0, 0.1) is 17.8 Å². The van der Waals surface area contributed by atoms with Gasteiger partial charge in [0.05, 0.1) is 19.1 Å². The molecule has 1 aliphatic carbocycles. The Kier molecular flexibility index (Phi) is 1.88. The van der Waals surface area contributed by atoms with Gasteiger partial charge in [0.1, 0.15) is 5.60 Å². The van der Waals surface area contributed by atoms with Crippen molar-refractivity contribution in [2.24, 2.45) is 17.8 Å². The van der Waals surface area contributed by atoms with Crippen LogP contribution in [0.4, 0.5) is 0 Å². The van der Waals surface area contributed by atoms with Crippen molar-refractivity contribution in [3.8, 4) is 0 Å². The number of carbonyl (C=O) groups is 1. The van der Waals surface area contributed by atoms with E-state index in [1.165, 1.54) is 0 Å². The quantitative estimate of drug-likeness (QED) is 0.575. The van der Waals surface area contributed by atoms with Gasteiger partial charge >= 0.3 is 5.97 Å². The van der Waals surface area contributed by atoms with E-state index >= 15 is 0 Å². The van der Waals surface area contributed by atoms with Crippen LogP contribution in [0.2, 0.25) is 0 Å². The maximum atomic E-state index is 11.6. The fourth-order valence-corrected chi connectivity index (χ4v) is 1.96. The van der Waals surface area contributed by atoms with Gasteiger partial charge in [0.2, 0.25) is 0 Å². The number of carbonyl (C=O) groups excluding carboxylic acids is 1. The summed E-state index contributed by atoms with van der Waals surface area (Å²) in [5.74, 6) is 1.00. The Morgan fingerprint density at radius 2 is 1.85 bits per heavy atom. The molecule has 2 rings (SSSR count). The minimum atomic E-state index is -0.352. The molecule has 3 nitrogen and oxygen atoms in total. The largest absolute Gasteiger partial charge is 0.460 e. The Balaban J connectivity index is 1.87. The number of ether oxygens (including phenoxy) is 2. The number of rotatable bonds is 1. The van der Waals surface area contributed by atoms with Gasteiger partial charge in [-0.05, 0) is 20.8 Å². The van der Waals surface area contributed by atoms with Crippen molar-refractivity contribution in [3.63, 3.8) is 0 Å². The van der Waals surface area contributed by atoms with Gasteiger partial charge in [-0.2, -0.15) is 0 Å². The molecule has 74 valence electrons. The molecule has 0 N–H and O–H groups in total. The molecule has 2 fully saturated rings. The first kappa shape index (κ1) is 9.00. The zero-order valence-electron chi connectivity index (χ0n) is 8.37. The van der Waals surface area contributed by atoms with E-state index < -0.39 is 0 Å². The van der Waals surface area contributed by atoms with Crippen LogP contribution >= 0.6 is 0 Å². The topological polar surface area (TPSA) is 35.5 Å². The van der Waals surface area contributed by atoms with Crippen LogP contribution in [0.3, 0.4) is 0 Å². The molecular formula is C10H16O3. The third-order valence-electron chi connectivity index (χ3n) is 2.63. The molecular weight excluding hydrogens is 168 g/mol. The van der Waals surface area contributed by atoms with Crippen LogP contribution in [0.15, 0.2) is 0 Å². The fourth-order valence-electron chi connectivity index (χ4n) is 1.96. The summed E-state index contributed by atoms with van der Waals surface area (Å²) >= 11 is 0. The number of esters is 1. The molecule has 0 bridgehead atoms. The highest BCUT2D eigenvalue weighted by Gasteiger charge is 2.59. The Morgan fingerprint density at radius 3 is 2.31 bits per heavy atom. The molecule has 13 heavy (non-hydrogen) atoms. The van der Waals surface area contributed by atoms with E-state index in [-0.39, 0.29) is 17.5 Å². The SMILES string of the molecule is CC(C)(C)OC(=O)C1[C@H]2COC[C@@H]12. The highest BCUT2D eigenvalue weighted by atomic mass is 16.6. The van der Waals surface area contributed by atoms with Gasteiger partial charge in [0, 0.05) is 11.8 Å². The van der Waals surface area contributed by atoms with Gasteiger partial charge < -0.3 is 9.47 Å². The molecule has 0 aromatic heterocycles. The summed E-state index contributed by atoms with van der Waals surface area (Å²) in [7, 11) is 0. The van der Waals surface area contributed by atoms with Gasteiger partial charge in [-0.3, -0.25) is 4.79 Å². The van der Waals surface area contributed by atoms with Gasteiger partial charge in [0.15, 0.2) is 0 Å². The molecule has 0 aromatic rings. The second-order valence-corrected chi connectivity index (χ2v) is 4.92. The molecule has 1 saturated carbocycles. The normalized spacial score (nSPS) is 37.0. The van der Waals surface area contributed by atoms with Crippen molar-refractivity contribution in [2.45, 2.75) is 26.4 Å². The minimum absolute atomic E-state index is 0.0363. The lowest BCUT2D eigenvalue weighted by Gasteiger charge is -2.20. The zero-order valence-corrected chi connectivity index (χ0v) is 8.37. The molecule has 3 heteroatoms. The summed E-state index contributed by atoms with van der Waals surface area (Å²) in [6, 6.07) is 0. The molecule has 1 saturated heterocycles. The van der Waals surface area contributed by atoms with Crippen LogP contribution in [-0.2, 0) is 14.3 Å². The van der Waals surface area contributed by atoms with E-state index in [1.54, 1.807) is 0 Å². The van der Waals surface area contributed by atoms with E-state index in [4.69, 9.17) is 9.47 Å². The Labute approximate surface area is 78.4 Å². The van der Waals surface area contributed by atoms with E-state index in [0.29, 0.717) is 11.8 Å². The Hall–Kier alpha value is -0.570. The lowest BCUT2D eigenvalue weighted by atomic mass is 10.2. The summed E-state index contributed by atoms with van der Waals surface area (Å²) in [5.41, 5.74) is -0.352. The number of hydrogen-bond donors (Lipinski definition) is 0. The van der Waals surface area contributed by atoms with Crippen molar-refractivity contribution < 1.29 is 14.3 Å². The second-order valence-electron chi connectivity index (χ2n) is 4.92. The first-order valence-corrected chi connectivity index (χ1v) is 4.79. The maximum absolute atomic E-state index is 11.6. The molecule has 1 heterocycles. The highest BCUT2D eigenvalue weighted by Crippen LogP contribution is 2.51. The molecule has 0 amide bonds. The average molecular weight is 184 g/mol. The summed E-state index contributed by atoms with van der Waals surface area (Å²) in [4.78, 5) is 11.6. The summed E-state index contributed by atoms with van der Waals surface area (Å²) in [6.45, 7) is 7.20. The third kappa shape index (κ3) is 1.70. The monoisotopic (exact) mass is 184 g/mol. The van der Waals surface area contributed by atoms with Crippen molar-refractivity contribution in [3.05, 3.63) is 0 Å². The maximum Gasteiger partial charge on any atom is 0.310 e. The fraction of sp³-hybridized carbons (Fsp3) is 0.900. The molecule has 0 spiro atoms. The van der Waals surface area contributed by atoms with Crippen LogP contribution in [0.1, 0.15) is 20.8 Å². The Bertz CT molecular complexity index is 219. The molecule has 1 aliphatic heterocycles. The van der Waals surface area contributed by atoms with Crippen molar-refractivity contribution in [1.82, 2.24) is 0 Å². The molecule has 3 atom stereocenters. The third-order valence-corrected chi connectivity index (χ3v) is 2.63. The minimum Gasteiger partial charge on any atom is -0.460 e. The smallest absolute Gasteiger partial charge is 0.310 e. The highest BCUT2D eigenvalue weighted by molar-refractivity contribution is 5.77. The molecule has 0 radical (unpaired) electrons. The van der Waals surface area contributed by atoms with E-state index in [1.807, 2.05) is 20.8 Å². The van der Waals surface area contributed by atoms with Crippen LogP contribution < -0.4 is 0 Å². The molecule has 1 unspecified atom stereocenters. The summed E-state index contributed by atoms with van der Waals surface area (Å²) in [6.07, 6.45) is 0.